The number of ketones is 2. The van der Waals surface area contributed by atoms with Gasteiger partial charge in [0.2, 0.25) is 0 Å². The van der Waals surface area contributed by atoms with Crippen molar-refractivity contribution in [3.63, 3.8) is 0 Å². The van der Waals surface area contributed by atoms with Gasteiger partial charge in [0.15, 0.2) is 5.78 Å². The van der Waals surface area contributed by atoms with E-state index >= 15 is 0 Å². The Labute approximate surface area is 94.4 Å². The third-order valence-electron chi connectivity index (χ3n) is 2.11. The molecule has 0 unspecified atom stereocenters. The molecule has 16 heavy (non-hydrogen) atoms. The van der Waals surface area contributed by atoms with Crippen LogP contribution in [0.4, 0.5) is 0 Å². The molecule has 1 aromatic carbocycles. The Morgan fingerprint density at radius 1 is 1.38 bits per heavy atom. The highest BCUT2D eigenvalue weighted by Crippen LogP contribution is 2.17. The second-order valence-electron chi connectivity index (χ2n) is 3.72. The molecule has 0 aliphatic heterocycles. The lowest BCUT2D eigenvalue weighted by Crippen LogP contribution is -1.99. The normalized spacial score (nSPS) is 10.6. The molecule has 1 rings (SSSR count). The average molecular weight is 218 g/mol. The van der Waals surface area contributed by atoms with Crippen LogP contribution in [-0.2, 0) is 9.59 Å². The van der Waals surface area contributed by atoms with Gasteiger partial charge in [-0.3, -0.25) is 9.59 Å². The van der Waals surface area contributed by atoms with E-state index in [-0.39, 0.29) is 23.7 Å². The molecular formula is C13H14O3. The molecule has 0 amide bonds. The van der Waals surface area contributed by atoms with Crippen LogP contribution in [0, 0.1) is 6.92 Å². The molecule has 0 aliphatic rings. The molecule has 0 saturated carbocycles. The fourth-order valence-corrected chi connectivity index (χ4v) is 1.28. The van der Waals surface area contributed by atoms with Gasteiger partial charge in [0, 0.05) is 0 Å². The minimum Gasteiger partial charge on any atom is -0.508 e. The molecule has 0 saturated heterocycles. The molecular weight excluding hydrogens is 204 g/mol. The zero-order valence-electron chi connectivity index (χ0n) is 9.36. The first-order chi connectivity index (χ1) is 7.49. The molecule has 1 N–H and O–H groups in total. The van der Waals surface area contributed by atoms with Crippen molar-refractivity contribution in [2.75, 3.05) is 0 Å². The fourth-order valence-electron chi connectivity index (χ4n) is 1.28. The van der Waals surface area contributed by atoms with E-state index in [0.29, 0.717) is 0 Å². The molecule has 3 nitrogen and oxygen atoms in total. The summed E-state index contributed by atoms with van der Waals surface area (Å²) >= 11 is 0. The molecule has 0 atom stereocenters. The number of Topliss-reactive ketones (excluding diaryl/α,β-unsaturated/α-hetero) is 1. The molecule has 0 fully saturated rings. The van der Waals surface area contributed by atoms with E-state index in [1.54, 1.807) is 31.2 Å². The monoisotopic (exact) mass is 218 g/mol. The number of carbonyl (C=O) groups is 2. The summed E-state index contributed by atoms with van der Waals surface area (Å²) in [6, 6.07) is 5.05. The maximum absolute atomic E-state index is 11.2. The molecule has 3 heteroatoms. The summed E-state index contributed by atoms with van der Waals surface area (Å²) < 4.78 is 0. The van der Waals surface area contributed by atoms with E-state index < -0.39 is 0 Å². The smallest absolute Gasteiger partial charge is 0.163 e. The van der Waals surface area contributed by atoms with E-state index in [2.05, 4.69) is 0 Å². The summed E-state index contributed by atoms with van der Waals surface area (Å²) in [6.45, 7) is 3.17. The first-order valence-electron chi connectivity index (χ1n) is 4.99. The average Bonchev–Trinajstić information content (AvgIpc) is 2.19. The number of aryl methyl sites for hydroxylation is 1. The van der Waals surface area contributed by atoms with Crippen molar-refractivity contribution in [1.29, 1.82) is 0 Å². The zero-order valence-corrected chi connectivity index (χ0v) is 9.36. The first kappa shape index (κ1) is 12.2. The van der Waals surface area contributed by atoms with E-state index in [9.17, 15) is 14.7 Å². The van der Waals surface area contributed by atoms with Crippen LogP contribution in [0.15, 0.2) is 24.3 Å². The maximum Gasteiger partial charge on any atom is 0.163 e. The first-order valence-corrected chi connectivity index (χ1v) is 4.99. The number of aromatic hydroxyl groups is 1. The van der Waals surface area contributed by atoms with Crippen molar-refractivity contribution in [1.82, 2.24) is 0 Å². The fraction of sp³-hybridized carbons (Fsp3) is 0.231. The Morgan fingerprint density at radius 2 is 2.06 bits per heavy atom. The van der Waals surface area contributed by atoms with Crippen LogP contribution in [0.25, 0.3) is 6.08 Å². The van der Waals surface area contributed by atoms with Crippen molar-refractivity contribution in [2.45, 2.75) is 20.3 Å². The highest BCUT2D eigenvalue weighted by atomic mass is 16.3. The van der Waals surface area contributed by atoms with Crippen molar-refractivity contribution in [3.8, 4) is 5.75 Å². The van der Waals surface area contributed by atoms with Crippen molar-refractivity contribution in [2.24, 2.45) is 0 Å². The van der Waals surface area contributed by atoms with Gasteiger partial charge in [0.25, 0.3) is 0 Å². The van der Waals surface area contributed by atoms with E-state index in [1.807, 2.05) is 0 Å². The lowest BCUT2D eigenvalue weighted by molar-refractivity contribution is -0.123. The van der Waals surface area contributed by atoms with Crippen LogP contribution >= 0.6 is 0 Å². The molecule has 84 valence electrons. The number of benzene rings is 1. The van der Waals surface area contributed by atoms with E-state index in [0.717, 1.165) is 11.1 Å². The van der Waals surface area contributed by atoms with Crippen molar-refractivity contribution >= 4 is 17.6 Å². The SMILES string of the molecule is CC(=O)CC(=O)/C=C/c1ccc(O)c(C)c1. The van der Waals surface area contributed by atoms with Gasteiger partial charge in [-0.1, -0.05) is 12.1 Å². The summed E-state index contributed by atoms with van der Waals surface area (Å²) in [5, 5.41) is 9.30. The largest absolute Gasteiger partial charge is 0.508 e. The molecule has 1 aromatic rings. The van der Waals surface area contributed by atoms with Gasteiger partial charge in [0.05, 0.1) is 6.42 Å². The third kappa shape index (κ3) is 3.69. The number of carbonyl (C=O) groups excluding carboxylic acids is 2. The molecule has 0 bridgehead atoms. The number of phenols is 1. The van der Waals surface area contributed by atoms with Crippen molar-refractivity contribution in [3.05, 3.63) is 35.4 Å². The minimum atomic E-state index is -0.210. The summed E-state index contributed by atoms with van der Waals surface area (Å²) in [7, 11) is 0. The zero-order chi connectivity index (χ0) is 12.1. The van der Waals surface area contributed by atoms with Crippen LogP contribution in [0.5, 0.6) is 5.75 Å². The van der Waals surface area contributed by atoms with E-state index in [1.165, 1.54) is 13.0 Å². The number of allylic oxidation sites excluding steroid dienone is 1. The predicted molar refractivity (Wildman–Crippen MR) is 62.2 cm³/mol. The summed E-state index contributed by atoms with van der Waals surface area (Å²) in [5.74, 6) is -0.123. The Kier molecular flexibility index (Phi) is 4.00. The molecule has 0 radical (unpaired) electrons. The van der Waals surface area contributed by atoms with E-state index in [4.69, 9.17) is 0 Å². The topological polar surface area (TPSA) is 54.4 Å². The van der Waals surface area contributed by atoms with Gasteiger partial charge in [-0.15, -0.1) is 0 Å². The predicted octanol–water partition coefficient (Wildman–Crippen LogP) is 2.26. The molecule has 0 aliphatic carbocycles. The lowest BCUT2D eigenvalue weighted by Gasteiger charge is -1.99. The lowest BCUT2D eigenvalue weighted by atomic mass is 10.1. The van der Waals surface area contributed by atoms with Gasteiger partial charge in [-0.2, -0.15) is 0 Å². The highest BCUT2D eigenvalue weighted by molar-refractivity contribution is 6.05. The number of rotatable bonds is 4. The summed E-state index contributed by atoms with van der Waals surface area (Å²) in [6.07, 6.45) is 2.96. The number of phenolic OH excluding ortho intramolecular Hbond substituents is 1. The Hall–Kier alpha value is -1.90. The number of hydrogen-bond donors (Lipinski definition) is 1. The molecule has 0 heterocycles. The van der Waals surface area contributed by atoms with Crippen LogP contribution in [0.1, 0.15) is 24.5 Å². The highest BCUT2D eigenvalue weighted by Gasteiger charge is 2.01. The van der Waals surface area contributed by atoms with Crippen LogP contribution < -0.4 is 0 Å². The van der Waals surface area contributed by atoms with Crippen molar-refractivity contribution < 1.29 is 14.7 Å². The standard InChI is InChI=1S/C13H14O3/c1-9-7-11(4-6-13(9)16)3-5-12(15)8-10(2)14/h3-7,16H,8H2,1-2H3/b5-3+. The minimum absolute atomic E-state index is 0.0619. The second kappa shape index (κ2) is 5.26. The summed E-state index contributed by atoms with van der Waals surface area (Å²) in [5.41, 5.74) is 1.58. The Morgan fingerprint density at radius 3 is 2.62 bits per heavy atom. The van der Waals surface area contributed by atoms with Gasteiger partial charge < -0.3 is 5.11 Å². The van der Waals surface area contributed by atoms with Crippen LogP contribution in [0.3, 0.4) is 0 Å². The Balaban J connectivity index is 2.73. The second-order valence-corrected chi connectivity index (χ2v) is 3.72. The third-order valence-corrected chi connectivity index (χ3v) is 2.11. The molecule has 0 aromatic heterocycles. The van der Waals surface area contributed by atoms with Gasteiger partial charge in [-0.25, -0.2) is 0 Å². The van der Waals surface area contributed by atoms with Crippen LogP contribution in [0.2, 0.25) is 0 Å². The maximum atomic E-state index is 11.2. The Bertz CT molecular complexity index is 444. The quantitative estimate of drug-likeness (QED) is 0.623. The molecule has 0 spiro atoms. The van der Waals surface area contributed by atoms with Gasteiger partial charge in [0.1, 0.15) is 11.5 Å². The van der Waals surface area contributed by atoms with Gasteiger partial charge in [-0.05, 0) is 43.2 Å². The summed E-state index contributed by atoms with van der Waals surface area (Å²) in [4.78, 5) is 21.9. The number of hydrogen-bond acceptors (Lipinski definition) is 3. The van der Waals surface area contributed by atoms with Gasteiger partial charge >= 0.3 is 0 Å². The van der Waals surface area contributed by atoms with Crippen LogP contribution in [-0.4, -0.2) is 16.7 Å².